The van der Waals surface area contributed by atoms with Gasteiger partial charge in [-0.25, -0.2) is 4.98 Å². The van der Waals surface area contributed by atoms with Gasteiger partial charge in [-0.3, -0.25) is 9.78 Å². The molecule has 0 saturated carbocycles. The van der Waals surface area contributed by atoms with Crippen molar-refractivity contribution < 1.29 is 4.79 Å². The minimum atomic E-state index is -0.309. The lowest BCUT2D eigenvalue weighted by molar-refractivity contribution is -0.121. The van der Waals surface area contributed by atoms with Crippen molar-refractivity contribution in [1.82, 2.24) is 15.3 Å². The fourth-order valence-corrected chi connectivity index (χ4v) is 1.23. The molecular formula is C11H18N4O. The third kappa shape index (κ3) is 3.18. The van der Waals surface area contributed by atoms with Gasteiger partial charge in [-0.05, 0) is 27.7 Å². The molecule has 1 unspecified atom stereocenters. The van der Waals surface area contributed by atoms with E-state index in [1.807, 2.05) is 20.8 Å². The van der Waals surface area contributed by atoms with E-state index in [2.05, 4.69) is 20.6 Å². The van der Waals surface area contributed by atoms with Gasteiger partial charge in [-0.1, -0.05) is 0 Å². The highest BCUT2D eigenvalue weighted by atomic mass is 16.2. The average molecular weight is 222 g/mol. The molecule has 0 bridgehead atoms. The van der Waals surface area contributed by atoms with Crippen LogP contribution in [0.15, 0.2) is 6.20 Å². The van der Waals surface area contributed by atoms with E-state index in [0.29, 0.717) is 12.4 Å². The number of hydrogen-bond acceptors (Lipinski definition) is 4. The van der Waals surface area contributed by atoms with Crippen LogP contribution in [0.4, 0.5) is 5.82 Å². The summed E-state index contributed by atoms with van der Waals surface area (Å²) in [5.41, 5.74) is 1.77. The number of carbonyl (C=O) groups excluding carboxylic acids is 1. The standard InChI is InChI=1S/C11H18N4O/c1-5-12-11(16)9(4)15-10-6-13-7(2)8(3)14-10/h6,9H,5H2,1-4H3,(H,12,16)(H,14,15). The molecule has 1 atom stereocenters. The number of likely N-dealkylation sites (N-methyl/N-ethyl adjacent to an activating group) is 1. The summed E-state index contributed by atoms with van der Waals surface area (Å²) in [5.74, 6) is 0.587. The summed E-state index contributed by atoms with van der Waals surface area (Å²) < 4.78 is 0. The van der Waals surface area contributed by atoms with Crippen LogP contribution in [0.3, 0.4) is 0 Å². The highest BCUT2D eigenvalue weighted by molar-refractivity contribution is 5.83. The van der Waals surface area contributed by atoms with Gasteiger partial charge in [0.25, 0.3) is 0 Å². The molecule has 2 N–H and O–H groups in total. The molecule has 0 aliphatic carbocycles. The van der Waals surface area contributed by atoms with Crippen LogP contribution in [0.25, 0.3) is 0 Å². The van der Waals surface area contributed by atoms with Crippen LogP contribution in [-0.2, 0) is 4.79 Å². The Balaban J connectivity index is 2.66. The van der Waals surface area contributed by atoms with Crippen LogP contribution in [-0.4, -0.2) is 28.5 Å². The summed E-state index contributed by atoms with van der Waals surface area (Å²) in [5, 5.41) is 5.75. The fraction of sp³-hybridized carbons (Fsp3) is 0.545. The number of hydrogen-bond donors (Lipinski definition) is 2. The number of amides is 1. The maximum absolute atomic E-state index is 11.5. The molecule has 0 fully saturated rings. The topological polar surface area (TPSA) is 66.9 Å². The molecule has 16 heavy (non-hydrogen) atoms. The Bertz CT molecular complexity index is 378. The Morgan fingerprint density at radius 3 is 2.69 bits per heavy atom. The van der Waals surface area contributed by atoms with Crippen molar-refractivity contribution in [1.29, 1.82) is 0 Å². The van der Waals surface area contributed by atoms with Crippen LogP contribution in [0.2, 0.25) is 0 Å². The van der Waals surface area contributed by atoms with Crippen LogP contribution in [0.5, 0.6) is 0 Å². The molecule has 0 saturated heterocycles. The maximum Gasteiger partial charge on any atom is 0.242 e. The minimum absolute atomic E-state index is 0.0393. The quantitative estimate of drug-likeness (QED) is 0.798. The Hall–Kier alpha value is -1.65. The Kier molecular flexibility index (Phi) is 4.22. The van der Waals surface area contributed by atoms with Gasteiger partial charge < -0.3 is 10.6 Å². The van der Waals surface area contributed by atoms with Crippen molar-refractivity contribution in [2.75, 3.05) is 11.9 Å². The first kappa shape index (κ1) is 12.4. The lowest BCUT2D eigenvalue weighted by Crippen LogP contribution is -2.37. The summed E-state index contributed by atoms with van der Waals surface area (Å²) in [6.45, 7) is 8.11. The van der Waals surface area contributed by atoms with Crippen molar-refractivity contribution >= 4 is 11.7 Å². The zero-order valence-corrected chi connectivity index (χ0v) is 10.2. The first-order chi connectivity index (χ1) is 7.54. The van der Waals surface area contributed by atoms with Crippen LogP contribution in [0.1, 0.15) is 25.2 Å². The van der Waals surface area contributed by atoms with Gasteiger partial charge in [0, 0.05) is 6.54 Å². The second-order valence-corrected chi connectivity index (χ2v) is 3.69. The van der Waals surface area contributed by atoms with Crippen molar-refractivity contribution in [3.05, 3.63) is 17.6 Å². The molecule has 88 valence electrons. The molecule has 1 heterocycles. The molecular weight excluding hydrogens is 204 g/mol. The highest BCUT2D eigenvalue weighted by Gasteiger charge is 2.12. The minimum Gasteiger partial charge on any atom is -0.357 e. The Labute approximate surface area is 95.7 Å². The summed E-state index contributed by atoms with van der Waals surface area (Å²) in [7, 11) is 0. The van der Waals surface area contributed by atoms with E-state index in [4.69, 9.17) is 0 Å². The normalized spacial score (nSPS) is 12.0. The van der Waals surface area contributed by atoms with Gasteiger partial charge in [-0.15, -0.1) is 0 Å². The van der Waals surface area contributed by atoms with Crippen LogP contribution in [0, 0.1) is 13.8 Å². The number of aromatic nitrogens is 2. The van der Waals surface area contributed by atoms with E-state index >= 15 is 0 Å². The Morgan fingerprint density at radius 1 is 1.44 bits per heavy atom. The van der Waals surface area contributed by atoms with Gasteiger partial charge >= 0.3 is 0 Å². The van der Waals surface area contributed by atoms with Gasteiger partial charge in [0.15, 0.2) is 0 Å². The molecule has 1 aromatic heterocycles. The predicted octanol–water partition coefficient (Wildman–Crippen LogP) is 1.03. The Morgan fingerprint density at radius 2 is 2.12 bits per heavy atom. The summed E-state index contributed by atoms with van der Waals surface area (Å²) in [4.78, 5) is 20.0. The number of anilines is 1. The first-order valence-corrected chi connectivity index (χ1v) is 5.39. The summed E-state index contributed by atoms with van der Waals surface area (Å²) >= 11 is 0. The number of aryl methyl sites for hydroxylation is 2. The molecule has 5 nitrogen and oxygen atoms in total. The largest absolute Gasteiger partial charge is 0.357 e. The molecule has 1 amide bonds. The van der Waals surface area contributed by atoms with Crippen LogP contribution < -0.4 is 10.6 Å². The second-order valence-electron chi connectivity index (χ2n) is 3.69. The van der Waals surface area contributed by atoms with Gasteiger partial charge in [0.05, 0.1) is 17.6 Å². The third-order valence-electron chi connectivity index (χ3n) is 2.30. The molecule has 1 rings (SSSR count). The monoisotopic (exact) mass is 222 g/mol. The van der Waals surface area contributed by atoms with E-state index < -0.39 is 0 Å². The number of nitrogens with one attached hydrogen (secondary N) is 2. The van der Waals surface area contributed by atoms with E-state index in [1.54, 1.807) is 13.1 Å². The molecule has 1 aromatic rings. The molecule has 0 aliphatic heterocycles. The van der Waals surface area contributed by atoms with E-state index in [0.717, 1.165) is 11.4 Å². The van der Waals surface area contributed by atoms with Crippen molar-refractivity contribution in [3.8, 4) is 0 Å². The third-order valence-corrected chi connectivity index (χ3v) is 2.30. The van der Waals surface area contributed by atoms with E-state index in [1.165, 1.54) is 0 Å². The number of carbonyl (C=O) groups is 1. The first-order valence-electron chi connectivity index (χ1n) is 5.39. The highest BCUT2D eigenvalue weighted by Crippen LogP contribution is 2.06. The maximum atomic E-state index is 11.5. The van der Waals surface area contributed by atoms with Crippen LogP contribution >= 0.6 is 0 Å². The number of rotatable bonds is 4. The molecule has 0 aliphatic rings. The van der Waals surface area contributed by atoms with Crippen molar-refractivity contribution in [2.45, 2.75) is 33.7 Å². The smallest absolute Gasteiger partial charge is 0.242 e. The lowest BCUT2D eigenvalue weighted by atomic mass is 10.3. The average Bonchev–Trinajstić information content (AvgIpc) is 2.24. The predicted molar refractivity (Wildman–Crippen MR) is 63.3 cm³/mol. The second kappa shape index (κ2) is 5.44. The van der Waals surface area contributed by atoms with E-state index in [-0.39, 0.29) is 11.9 Å². The van der Waals surface area contributed by atoms with Crippen molar-refractivity contribution in [3.63, 3.8) is 0 Å². The summed E-state index contributed by atoms with van der Waals surface area (Å²) in [6.07, 6.45) is 1.64. The molecule has 5 heteroatoms. The van der Waals surface area contributed by atoms with Gasteiger partial charge in [0.2, 0.25) is 5.91 Å². The lowest BCUT2D eigenvalue weighted by Gasteiger charge is -2.14. The van der Waals surface area contributed by atoms with E-state index in [9.17, 15) is 4.79 Å². The zero-order chi connectivity index (χ0) is 12.1. The van der Waals surface area contributed by atoms with Crippen molar-refractivity contribution in [2.24, 2.45) is 0 Å². The van der Waals surface area contributed by atoms with Gasteiger partial charge in [0.1, 0.15) is 11.9 Å². The molecule has 0 spiro atoms. The fourth-order valence-electron chi connectivity index (χ4n) is 1.23. The molecule has 0 radical (unpaired) electrons. The number of nitrogens with zero attached hydrogens (tertiary/aromatic N) is 2. The molecule has 0 aromatic carbocycles. The zero-order valence-electron chi connectivity index (χ0n) is 10.2. The van der Waals surface area contributed by atoms with Gasteiger partial charge in [-0.2, -0.15) is 0 Å². The summed E-state index contributed by atoms with van der Waals surface area (Å²) in [6, 6.07) is -0.309. The SMILES string of the molecule is CCNC(=O)C(C)Nc1cnc(C)c(C)n1.